The summed E-state index contributed by atoms with van der Waals surface area (Å²) in [6.45, 7) is 6.92. The van der Waals surface area contributed by atoms with E-state index in [0.29, 0.717) is 0 Å². The summed E-state index contributed by atoms with van der Waals surface area (Å²) >= 11 is 0. The monoisotopic (exact) mass is 466 g/mol. The van der Waals surface area contributed by atoms with E-state index in [1.165, 1.54) is 180 Å². The van der Waals surface area contributed by atoms with Gasteiger partial charge in [-0.15, -0.1) is 0 Å². The largest absolute Gasteiger partial charge is 0.325 e. The summed E-state index contributed by atoms with van der Waals surface area (Å²) in [7, 11) is 0. The Hall–Kier alpha value is -0.0400. The zero-order chi connectivity index (χ0) is 24.3. The van der Waals surface area contributed by atoms with E-state index < -0.39 is 0 Å². The number of nitrogens with two attached hydrogens (primary N) is 1. The van der Waals surface area contributed by atoms with E-state index in [4.69, 9.17) is 5.73 Å². The second-order valence-electron chi connectivity index (χ2n) is 11.4. The van der Waals surface area contributed by atoms with Gasteiger partial charge >= 0.3 is 0 Å². The van der Waals surface area contributed by atoms with E-state index in [1.54, 1.807) is 0 Å². The van der Waals surface area contributed by atoms with E-state index in [9.17, 15) is 0 Å². The van der Waals surface area contributed by atoms with Gasteiger partial charge < -0.3 is 5.73 Å². The summed E-state index contributed by atoms with van der Waals surface area (Å²) in [5.74, 6) is 0. The molecule has 1 nitrogen and oxygen atoms in total. The van der Waals surface area contributed by atoms with Crippen molar-refractivity contribution in [1.29, 1.82) is 0 Å². The minimum atomic E-state index is 0.131. The Bertz CT molecular complexity index is 322. The van der Waals surface area contributed by atoms with Gasteiger partial charge in [-0.25, -0.2) is 0 Å². The van der Waals surface area contributed by atoms with E-state index in [0.717, 1.165) is 0 Å². The molecule has 0 atom stereocenters. The Morgan fingerprint density at radius 3 is 0.788 bits per heavy atom. The molecule has 0 spiro atoms. The van der Waals surface area contributed by atoms with Crippen LogP contribution in [-0.2, 0) is 0 Å². The van der Waals surface area contributed by atoms with Crippen molar-refractivity contribution in [3.8, 4) is 0 Å². The van der Waals surface area contributed by atoms with Crippen LogP contribution in [0.15, 0.2) is 0 Å². The zero-order valence-electron chi connectivity index (χ0n) is 23.9. The normalized spacial score (nSPS) is 12.0. The molecule has 0 unspecified atom stereocenters. The highest BCUT2D eigenvalue weighted by Gasteiger charge is 2.22. The molecule has 0 fully saturated rings. The Morgan fingerprint density at radius 2 is 0.545 bits per heavy atom. The van der Waals surface area contributed by atoms with Gasteiger partial charge in [-0.2, -0.15) is 0 Å². The smallest absolute Gasteiger partial charge is 0.0154 e. The van der Waals surface area contributed by atoms with Crippen LogP contribution in [0.4, 0.5) is 0 Å². The van der Waals surface area contributed by atoms with Crippen molar-refractivity contribution in [2.24, 2.45) is 5.73 Å². The van der Waals surface area contributed by atoms with Crippen molar-refractivity contribution in [3.05, 3.63) is 0 Å². The first-order chi connectivity index (χ1) is 16.2. The van der Waals surface area contributed by atoms with Crippen LogP contribution in [0.5, 0.6) is 0 Å². The van der Waals surface area contributed by atoms with Crippen molar-refractivity contribution >= 4 is 0 Å². The topological polar surface area (TPSA) is 26.0 Å². The number of hydrogen-bond acceptors (Lipinski definition) is 1. The van der Waals surface area contributed by atoms with Crippen molar-refractivity contribution < 1.29 is 0 Å². The van der Waals surface area contributed by atoms with Crippen LogP contribution >= 0.6 is 0 Å². The molecule has 0 saturated heterocycles. The van der Waals surface area contributed by atoms with Crippen LogP contribution < -0.4 is 5.73 Å². The molecule has 0 aliphatic heterocycles. The van der Waals surface area contributed by atoms with Gasteiger partial charge in [0.2, 0.25) is 0 Å². The highest BCUT2D eigenvalue weighted by atomic mass is 14.7. The van der Waals surface area contributed by atoms with E-state index in [1.807, 2.05) is 0 Å². The Morgan fingerprint density at radius 1 is 0.303 bits per heavy atom. The molecule has 0 aromatic rings. The maximum absolute atomic E-state index is 6.87. The molecule has 0 amide bonds. The summed E-state index contributed by atoms with van der Waals surface area (Å²) < 4.78 is 0. The minimum absolute atomic E-state index is 0.131. The molecule has 0 bridgehead atoms. The fraction of sp³-hybridized carbons (Fsp3) is 1.00. The molecule has 0 saturated carbocycles. The van der Waals surface area contributed by atoms with E-state index in [-0.39, 0.29) is 5.54 Å². The molecule has 0 rings (SSSR count). The first-order valence-electron chi connectivity index (χ1n) is 16.0. The Kier molecular flexibility index (Phi) is 26.5. The Labute approximate surface area is 211 Å². The SMILES string of the molecule is CCCCCCCCCCCCCCC(N)(CCC)CCCCCCCCCCCCCC. The summed E-state index contributed by atoms with van der Waals surface area (Å²) in [5.41, 5.74) is 7.00. The molecular formula is C32H67N. The third-order valence-corrected chi connectivity index (χ3v) is 7.80. The molecule has 0 aliphatic carbocycles. The molecule has 33 heavy (non-hydrogen) atoms. The molecular weight excluding hydrogens is 398 g/mol. The van der Waals surface area contributed by atoms with Gasteiger partial charge in [0.15, 0.2) is 0 Å². The van der Waals surface area contributed by atoms with Gasteiger partial charge in [0.25, 0.3) is 0 Å². The summed E-state index contributed by atoms with van der Waals surface area (Å²) in [6.07, 6.45) is 39.3. The molecule has 2 N–H and O–H groups in total. The lowest BCUT2D eigenvalue weighted by Gasteiger charge is -2.29. The summed E-state index contributed by atoms with van der Waals surface area (Å²) in [6, 6.07) is 0. The lowest BCUT2D eigenvalue weighted by atomic mass is 9.83. The third kappa shape index (κ3) is 24.9. The van der Waals surface area contributed by atoms with Gasteiger partial charge in [0.1, 0.15) is 0 Å². The first-order valence-corrected chi connectivity index (χ1v) is 16.0. The summed E-state index contributed by atoms with van der Waals surface area (Å²) in [4.78, 5) is 0. The quantitative estimate of drug-likeness (QED) is 0.114. The van der Waals surface area contributed by atoms with Crippen LogP contribution in [0.2, 0.25) is 0 Å². The number of unbranched alkanes of at least 4 members (excludes halogenated alkanes) is 22. The standard InChI is InChI=1S/C32H67N/c1-4-7-9-11-13-15-17-19-21-23-25-27-30-32(33,29-6-3)31-28-26-24-22-20-18-16-14-12-10-8-5-2/h4-31,33H2,1-3H3. The van der Waals surface area contributed by atoms with Crippen LogP contribution in [0.25, 0.3) is 0 Å². The average Bonchev–Trinajstić information content (AvgIpc) is 2.81. The maximum atomic E-state index is 6.87. The fourth-order valence-corrected chi connectivity index (χ4v) is 5.51. The predicted molar refractivity (Wildman–Crippen MR) is 153 cm³/mol. The predicted octanol–water partition coefficient (Wildman–Crippen LogP) is 11.7. The lowest BCUT2D eigenvalue weighted by Crippen LogP contribution is -2.39. The molecule has 0 heterocycles. The highest BCUT2D eigenvalue weighted by Crippen LogP contribution is 2.26. The summed E-state index contributed by atoms with van der Waals surface area (Å²) in [5, 5.41) is 0. The van der Waals surface area contributed by atoms with Crippen molar-refractivity contribution in [3.63, 3.8) is 0 Å². The second kappa shape index (κ2) is 26.6. The van der Waals surface area contributed by atoms with Gasteiger partial charge in [-0.3, -0.25) is 0 Å². The fourth-order valence-electron chi connectivity index (χ4n) is 5.51. The molecule has 0 aliphatic rings. The van der Waals surface area contributed by atoms with Gasteiger partial charge in [-0.1, -0.05) is 181 Å². The maximum Gasteiger partial charge on any atom is 0.0154 e. The second-order valence-corrected chi connectivity index (χ2v) is 11.4. The van der Waals surface area contributed by atoms with Crippen LogP contribution in [-0.4, -0.2) is 5.54 Å². The molecule has 1 heteroatoms. The van der Waals surface area contributed by atoms with Crippen LogP contribution in [0.3, 0.4) is 0 Å². The minimum Gasteiger partial charge on any atom is -0.325 e. The third-order valence-electron chi connectivity index (χ3n) is 7.80. The van der Waals surface area contributed by atoms with Crippen LogP contribution in [0.1, 0.15) is 201 Å². The number of hydrogen-bond donors (Lipinski definition) is 1. The van der Waals surface area contributed by atoms with Crippen molar-refractivity contribution in [2.75, 3.05) is 0 Å². The molecule has 0 radical (unpaired) electrons. The van der Waals surface area contributed by atoms with Crippen LogP contribution in [0, 0.1) is 0 Å². The Balaban J connectivity index is 3.56. The van der Waals surface area contributed by atoms with Gasteiger partial charge in [-0.05, 0) is 19.3 Å². The van der Waals surface area contributed by atoms with Crippen molar-refractivity contribution in [1.82, 2.24) is 0 Å². The zero-order valence-corrected chi connectivity index (χ0v) is 23.9. The van der Waals surface area contributed by atoms with Gasteiger partial charge in [0.05, 0.1) is 0 Å². The highest BCUT2D eigenvalue weighted by molar-refractivity contribution is 4.83. The van der Waals surface area contributed by atoms with E-state index >= 15 is 0 Å². The number of rotatable bonds is 28. The molecule has 0 aromatic heterocycles. The molecule has 0 aromatic carbocycles. The lowest BCUT2D eigenvalue weighted by molar-refractivity contribution is 0.310. The van der Waals surface area contributed by atoms with E-state index in [2.05, 4.69) is 20.8 Å². The molecule has 200 valence electrons. The van der Waals surface area contributed by atoms with Gasteiger partial charge in [0, 0.05) is 5.54 Å². The average molecular weight is 466 g/mol. The first kappa shape index (κ1) is 33.0. The van der Waals surface area contributed by atoms with Crippen molar-refractivity contribution in [2.45, 2.75) is 206 Å².